The highest BCUT2D eigenvalue weighted by atomic mass is 16.5. The van der Waals surface area contributed by atoms with Gasteiger partial charge in [0.15, 0.2) is 0 Å². The molecule has 1 atom stereocenters. The molecule has 1 heterocycles. The number of ether oxygens (including phenoxy) is 2. The smallest absolute Gasteiger partial charge is 0.378 e. The summed E-state index contributed by atoms with van der Waals surface area (Å²) in [5.74, 6) is -0.455. The molecule has 1 aromatic heterocycles. The van der Waals surface area contributed by atoms with Gasteiger partial charge in [0, 0.05) is 6.61 Å². The van der Waals surface area contributed by atoms with Crippen molar-refractivity contribution in [3.05, 3.63) is 12.2 Å². The zero-order valence-corrected chi connectivity index (χ0v) is 9.14. The zero-order chi connectivity index (χ0) is 11.3. The Kier molecular flexibility index (Phi) is 4.23. The maximum Gasteiger partial charge on any atom is 0.378 e. The van der Waals surface area contributed by atoms with Crippen molar-refractivity contribution in [1.29, 1.82) is 0 Å². The first-order valence-electron chi connectivity index (χ1n) is 4.88. The van der Waals surface area contributed by atoms with Crippen LogP contribution in [0.25, 0.3) is 0 Å². The number of hydrogen-bond acceptors (Lipinski definition) is 5. The molecule has 15 heavy (non-hydrogen) atoms. The van der Waals surface area contributed by atoms with Crippen LogP contribution < -0.4 is 0 Å². The second-order valence-corrected chi connectivity index (χ2v) is 2.82. The summed E-state index contributed by atoms with van der Waals surface area (Å²) in [7, 11) is 0. The highest BCUT2D eigenvalue weighted by molar-refractivity contribution is 5.84. The van der Waals surface area contributed by atoms with Gasteiger partial charge >= 0.3 is 5.97 Å². The molecule has 0 bridgehead atoms. The Labute approximate surface area is 88.2 Å². The molecule has 6 heteroatoms. The third-order valence-electron chi connectivity index (χ3n) is 1.75. The molecular formula is C9H15N3O3. The van der Waals surface area contributed by atoms with Crippen LogP contribution in [0.2, 0.25) is 0 Å². The fourth-order valence-electron chi connectivity index (χ4n) is 1.06. The second kappa shape index (κ2) is 5.45. The van der Waals surface area contributed by atoms with Crippen molar-refractivity contribution in [2.75, 3.05) is 13.2 Å². The molecule has 0 aliphatic carbocycles. The average Bonchev–Trinajstić information content (AvgIpc) is 2.67. The van der Waals surface area contributed by atoms with E-state index in [1.54, 1.807) is 6.92 Å². The molecule has 0 saturated carbocycles. The summed E-state index contributed by atoms with van der Waals surface area (Å²) < 4.78 is 11.5. The minimum atomic E-state index is -0.514. The van der Waals surface area contributed by atoms with E-state index in [0.29, 0.717) is 13.2 Å². The van der Waals surface area contributed by atoms with E-state index in [-0.39, 0.29) is 12.1 Å². The van der Waals surface area contributed by atoms with Crippen molar-refractivity contribution >= 4 is 5.97 Å². The van der Waals surface area contributed by atoms with Gasteiger partial charge < -0.3 is 9.47 Å². The standard InChI is InChI=1S/C9H15N3O3/c1-4-14-7(3)12-6-10-8(11-12)9(13)15-5-2/h6-7H,4-5H2,1-3H3. The monoisotopic (exact) mass is 213 g/mol. The largest absolute Gasteiger partial charge is 0.460 e. The second-order valence-electron chi connectivity index (χ2n) is 2.82. The van der Waals surface area contributed by atoms with Crippen LogP contribution in [0.5, 0.6) is 0 Å². The minimum Gasteiger partial charge on any atom is -0.460 e. The summed E-state index contributed by atoms with van der Waals surface area (Å²) in [6, 6.07) is 0. The maximum atomic E-state index is 11.2. The van der Waals surface area contributed by atoms with Crippen LogP contribution in [0.4, 0.5) is 0 Å². The first-order valence-corrected chi connectivity index (χ1v) is 4.88. The molecule has 0 radical (unpaired) electrons. The van der Waals surface area contributed by atoms with E-state index < -0.39 is 5.97 Å². The number of esters is 1. The van der Waals surface area contributed by atoms with Crippen LogP contribution in [-0.4, -0.2) is 33.9 Å². The summed E-state index contributed by atoms with van der Waals surface area (Å²) >= 11 is 0. The van der Waals surface area contributed by atoms with Gasteiger partial charge in [0.25, 0.3) is 5.82 Å². The van der Waals surface area contributed by atoms with Crippen molar-refractivity contribution < 1.29 is 14.3 Å². The van der Waals surface area contributed by atoms with Crippen LogP contribution in [0.3, 0.4) is 0 Å². The van der Waals surface area contributed by atoms with Crippen LogP contribution in [0.15, 0.2) is 6.33 Å². The van der Waals surface area contributed by atoms with Gasteiger partial charge in [-0.25, -0.2) is 14.5 Å². The number of rotatable bonds is 5. The van der Waals surface area contributed by atoms with Gasteiger partial charge in [0.05, 0.1) is 6.61 Å². The molecule has 0 N–H and O–H groups in total. The quantitative estimate of drug-likeness (QED) is 0.683. The van der Waals surface area contributed by atoms with Crippen LogP contribution >= 0.6 is 0 Å². The Bertz CT molecular complexity index is 324. The fraction of sp³-hybridized carbons (Fsp3) is 0.667. The summed E-state index contributed by atoms with van der Waals surface area (Å²) in [6.07, 6.45) is 1.22. The van der Waals surface area contributed by atoms with Gasteiger partial charge in [-0.05, 0) is 20.8 Å². The summed E-state index contributed by atoms with van der Waals surface area (Å²) in [5, 5.41) is 3.95. The van der Waals surface area contributed by atoms with E-state index in [4.69, 9.17) is 9.47 Å². The molecular weight excluding hydrogens is 198 g/mol. The van der Waals surface area contributed by atoms with Gasteiger partial charge in [-0.3, -0.25) is 0 Å². The van der Waals surface area contributed by atoms with Crippen molar-refractivity contribution in [3.63, 3.8) is 0 Å². The zero-order valence-electron chi connectivity index (χ0n) is 9.14. The molecule has 1 unspecified atom stereocenters. The molecule has 84 valence electrons. The average molecular weight is 213 g/mol. The number of aromatic nitrogens is 3. The lowest BCUT2D eigenvalue weighted by molar-refractivity contribution is 0.0151. The van der Waals surface area contributed by atoms with E-state index >= 15 is 0 Å². The predicted molar refractivity (Wildman–Crippen MR) is 52.3 cm³/mol. The Morgan fingerprint density at radius 1 is 1.53 bits per heavy atom. The van der Waals surface area contributed by atoms with Gasteiger partial charge in [-0.1, -0.05) is 0 Å². The molecule has 1 rings (SSSR count). The van der Waals surface area contributed by atoms with E-state index in [2.05, 4.69) is 10.1 Å². The lowest BCUT2D eigenvalue weighted by Gasteiger charge is -2.10. The molecule has 0 aromatic carbocycles. The van der Waals surface area contributed by atoms with Crippen LogP contribution in [-0.2, 0) is 9.47 Å². The number of carbonyl (C=O) groups is 1. The number of carbonyl (C=O) groups excluding carboxylic acids is 1. The highest BCUT2D eigenvalue weighted by Gasteiger charge is 2.14. The Hall–Kier alpha value is -1.43. The molecule has 1 aromatic rings. The highest BCUT2D eigenvalue weighted by Crippen LogP contribution is 2.05. The molecule has 0 aliphatic rings. The van der Waals surface area contributed by atoms with Crippen LogP contribution in [0, 0.1) is 0 Å². The predicted octanol–water partition coefficient (Wildman–Crippen LogP) is 1.01. The number of nitrogens with zero attached hydrogens (tertiary/aromatic N) is 3. The lowest BCUT2D eigenvalue weighted by Crippen LogP contribution is -2.12. The molecule has 0 saturated heterocycles. The van der Waals surface area contributed by atoms with E-state index in [0.717, 1.165) is 0 Å². The third-order valence-corrected chi connectivity index (χ3v) is 1.75. The van der Waals surface area contributed by atoms with Crippen LogP contribution in [0.1, 0.15) is 37.6 Å². The summed E-state index contributed by atoms with van der Waals surface area (Å²) in [5.41, 5.74) is 0. The van der Waals surface area contributed by atoms with Crippen molar-refractivity contribution in [2.24, 2.45) is 0 Å². The SMILES string of the molecule is CCOC(=O)c1ncn(C(C)OCC)n1. The normalized spacial score (nSPS) is 12.5. The van der Waals surface area contributed by atoms with E-state index in [9.17, 15) is 4.79 Å². The van der Waals surface area contributed by atoms with Crippen molar-refractivity contribution in [2.45, 2.75) is 27.0 Å². The van der Waals surface area contributed by atoms with Crippen molar-refractivity contribution in [3.8, 4) is 0 Å². The third kappa shape index (κ3) is 3.02. The summed E-state index contributed by atoms with van der Waals surface area (Å²) in [4.78, 5) is 15.1. The van der Waals surface area contributed by atoms with Gasteiger partial charge in [0.1, 0.15) is 12.6 Å². The lowest BCUT2D eigenvalue weighted by atomic mass is 10.6. The Morgan fingerprint density at radius 2 is 2.27 bits per heavy atom. The molecule has 0 fully saturated rings. The molecule has 0 amide bonds. The fourth-order valence-corrected chi connectivity index (χ4v) is 1.06. The minimum absolute atomic E-state index is 0.0587. The molecule has 0 aliphatic heterocycles. The Morgan fingerprint density at radius 3 is 2.87 bits per heavy atom. The van der Waals surface area contributed by atoms with Gasteiger partial charge in [-0.15, -0.1) is 5.10 Å². The maximum absolute atomic E-state index is 11.2. The van der Waals surface area contributed by atoms with E-state index in [1.165, 1.54) is 11.0 Å². The molecule has 6 nitrogen and oxygen atoms in total. The molecule has 0 spiro atoms. The topological polar surface area (TPSA) is 66.2 Å². The van der Waals surface area contributed by atoms with Gasteiger partial charge in [0.2, 0.25) is 0 Å². The van der Waals surface area contributed by atoms with Gasteiger partial charge in [-0.2, -0.15) is 0 Å². The van der Waals surface area contributed by atoms with E-state index in [1.807, 2.05) is 13.8 Å². The first-order chi connectivity index (χ1) is 7.19. The number of hydrogen-bond donors (Lipinski definition) is 0. The Balaban J connectivity index is 2.67. The first kappa shape index (κ1) is 11.6. The van der Waals surface area contributed by atoms with Crippen molar-refractivity contribution in [1.82, 2.24) is 14.8 Å². The summed E-state index contributed by atoms with van der Waals surface area (Å²) in [6.45, 7) is 6.34.